The van der Waals surface area contributed by atoms with Crippen LogP contribution in [0, 0.1) is 0 Å². The van der Waals surface area contributed by atoms with E-state index in [1.165, 1.54) is 6.21 Å². The molecule has 0 saturated heterocycles. The maximum Gasteiger partial charge on any atom is 0.240 e. The summed E-state index contributed by atoms with van der Waals surface area (Å²) in [5, 5.41) is 7.77. The molecule has 0 saturated carbocycles. The largest absolute Gasteiger partial charge is 0.497 e. The van der Waals surface area contributed by atoms with Gasteiger partial charge in [-0.2, -0.15) is 5.10 Å². The van der Waals surface area contributed by atoms with Gasteiger partial charge in [-0.1, -0.05) is 29.3 Å². The molecule has 0 aliphatic heterocycles. The van der Waals surface area contributed by atoms with E-state index in [2.05, 4.69) is 15.8 Å². The monoisotopic (exact) mass is 499 g/mol. The summed E-state index contributed by atoms with van der Waals surface area (Å²) in [6.07, 6.45) is 1.56. The van der Waals surface area contributed by atoms with Gasteiger partial charge in [0.05, 0.1) is 13.3 Å². The van der Waals surface area contributed by atoms with Crippen molar-refractivity contribution in [1.29, 1.82) is 0 Å². The Balaban J connectivity index is 1.38. The van der Waals surface area contributed by atoms with Gasteiger partial charge in [0, 0.05) is 34.1 Å². The van der Waals surface area contributed by atoms with Crippen molar-refractivity contribution < 1.29 is 19.1 Å². The molecule has 0 bridgehead atoms. The molecule has 34 heavy (non-hydrogen) atoms. The first-order valence-electron chi connectivity index (χ1n) is 10.4. The van der Waals surface area contributed by atoms with Gasteiger partial charge in [-0.3, -0.25) is 9.59 Å². The van der Waals surface area contributed by atoms with E-state index in [4.69, 9.17) is 32.7 Å². The molecule has 3 aromatic carbocycles. The van der Waals surface area contributed by atoms with Gasteiger partial charge in [-0.05, 0) is 66.2 Å². The lowest BCUT2D eigenvalue weighted by molar-refractivity contribution is -0.124. The maximum atomic E-state index is 12.0. The van der Waals surface area contributed by atoms with Gasteiger partial charge in [0.2, 0.25) is 11.8 Å². The molecule has 0 unspecified atom stereocenters. The van der Waals surface area contributed by atoms with Crippen molar-refractivity contribution in [2.45, 2.75) is 19.4 Å². The van der Waals surface area contributed by atoms with Gasteiger partial charge in [0.1, 0.15) is 18.1 Å². The van der Waals surface area contributed by atoms with Gasteiger partial charge in [0.15, 0.2) is 0 Å². The molecule has 0 aromatic heterocycles. The summed E-state index contributed by atoms with van der Waals surface area (Å²) >= 11 is 12.0. The molecule has 0 radical (unpaired) electrons. The first-order valence-corrected chi connectivity index (χ1v) is 11.1. The van der Waals surface area contributed by atoms with Crippen molar-refractivity contribution >= 4 is 46.9 Å². The van der Waals surface area contributed by atoms with Crippen LogP contribution in [0.2, 0.25) is 10.0 Å². The van der Waals surface area contributed by atoms with E-state index >= 15 is 0 Å². The van der Waals surface area contributed by atoms with Crippen LogP contribution >= 0.6 is 23.2 Å². The van der Waals surface area contributed by atoms with Crippen molar-refractivity contribution in [3.63, 3.8) is 0 Å². The van der Waals surface area contributed by atoms with Crippen molar-refractivity contribution in [3.8, 4) is 11.5 Å². The van der Waals surface area contributed by atoms with E-state index in [1.807, 2.05) is 6.07 Å². The van der Waals surface area contributed by atoms with E-state index in [9.17, 15) is 9.59 Å². The quantitative estimate of drug-likeness (QED) is 0.286. The molecule has 7 nitrogen and oxygen atoms in total. The summed E-state index contributed by atoms with van der Waals surface area (Å²) in [6.45, 7) is 0.311. The fourth-order valence-electron chi connectivity index (χ4n) is 2.81. The Hall–Kier alpha value is -3.55. The summed E-state index contributed by atoms with van der Waals surface area (Å²) < 4.78 is 10.8. The molecule has 0 spiro atoms. The van der Waals surface area contributed by atoms with Crippen LogP contribution in [0.5, 0.6) is 11.5 Å². The normalized spacial score (nSPS) is 10.7. The Labute approximate surface area is 207 Å². The summed E-state index contributed by atoms with van der Waals surface area (Å²) in [6, 6.07) is 19.4. The van der Waals surface area contributed by atoms with Gasteiger partial charge in [0.25, 0.3) is 0 Å². The summed E-state index contributed by atoms with van der Waals surface area (Å²) in [7, 11) is 1.57. The fraction of sp³-hybridized carbons (Fsp3) is 0.160. The molecule has 3 aromatic rings. The standard InChI is InChI=1S/C25H23Cl2N3O4/c1-33-21-10-6-20(7-11-21)29-24(31)12-13-25(32)30-28-15-17-2-8-22(9-3-17)34-16-18-4-5-19(26)14-23(18)27/h2-11,14-15H,12-13,16H2,1H3,(H,29,31)(H,30,32). The topological polar surface area (TPSA) is 89.0 Å². The van der Waals surface area contributed by atoms with Gasteiger partial charge < -0.3 is 14.8 Å². The van der Waals surface area contributed by atoms with Crippen LogP contribution in [0.25, 0.3) is 0 Å². The average molecular weight is 500 g/mol. The van der Waals surface area contributed by atoms with Gasteiger partial charge in [-0.25, -0.2) is 5.43 Å². The minimum atomic E-state index is -0.360. The van der Waals surface area contributed by atoms with E-state index in [0.29, 0.717) is 33.8 Å². The van der Waals surface area contributed by atoms with Crippen LogP contribution in [0.15, 0.2) is 71.8 Å². The first kappa shape index (κ1) is 25.1. The lowest BCUT2D eigenvalue weighted by Gasteiger charge is -2.08. The maximum absolute atomic E-state index is 12.0. The molecular weight excluding hydrogens is 477 g/mol. The van der Waals surface area contributed by atoms with Crippen LogP contribution in [-0.2, 0) is 16.2 Å². The Morgan fingerprint density at radius 2 is 1.59 bits per heavy atom. The number of hydrogen-bond donors (Lipinski definition) is 2. The zero-order valence-corrected chi connectivity index (χ0v) is 19.9. The smallest absolute Gasteiger partial charge is 0.240 e. The molecule has 0 aliphatic carbocycles. The van der Waals surface area contributed by atoms with Crippen LogP contribution in [0.1, 0.15) is 24.0 Å². The van der Waals surface area contributed by atoms with Crippen molar-refractivity contribution in [2.75, 3.05) is 12.4 Å². The van der Waals surface area contributed by atoms with Crippen LogP contribution in [-0.4, -0.2) is 25.1 Å². The number of hydrogen-bond acceptors (Lipinski definition) is 5. The lowest BCUT2D eigenvalue weighted by atomic mass is 10.2. The average Bonchev–Trinajstić information content (AvgIpc) is 2.83. The second-order valence-corrected chi connectivity index (χ2v) is 8.01. The highest BCUT2D eigenvalue weighted by atomic mass is 35.5. The molecule has 0 fully saturated rings. The lowest BCUT2D eigenvalue weighted by Crippen LogP contribution is -2.20. The second kappa shape index (κ2) is 12.6. The molecule has 9 heteroatoms. The highest BCUT2D eigenvalue weighted by molar-refractivity contribution is 6.35. The molecule has 0 atom stereocenters. The Morgan fingerprint density at radius 3 is 2.26 bits per heavy atom. The van der Waals surface area contributed by atoms with Gasteiger partial charge in [-0.15, -0.1) is 0 Å². The highest BCUT2D eigenvalue weighted by Gasteiger charge is 2.07. The molecule has 2 amide bonds. The van der Waals surface area contributed by atoms with E-state index in [1.54, 1.807) is 67.8 Å². The number of nitrogens with one attached hydrogen (secondary N) is 2. The molecule has 2 N–H and O–H groups in total. The SMILES string of the molecule is COc1ccc(NC(=O)CCC(=O)NN=Cc2ccc(OCc3ccc(Cl)cc3Cl)cc2)cc1. The third-order valence-electron chi connectivity index (χ3n) is 4.65. The number of anilines is 1. The third kappa shape index (κ3) is 8.10. The number of benzene rings is 3. The molecule has 0 aliphatic rings. The van der Waals surface area contributed by atoms with Crippen molar-refractivity contribution in [3.05, 3.63) is 87.9 Å². The number of amides is 2. The van der Waals surface area contributed by atoms with Gasteiger partial charge >= 0.3 is 0 Å². The second-order valence-electron chi connectivity index (χ2n) is 7.16. The Kier molecular flexibility index (Phi) is 9.31. The minimum absolute atomic E-state index is 0.0133. The molecule has 176 valence electrons. The minimum Gasteiger partial charge on any atom is -0.497 e. The van der Waals surface area contributed by atoms with E-state index in [-0.39, 0.29) is 24.7 Å². The zero-order valence-electron chi connectivity index (χ0n) is 18.4. The molecule has 0 heterocycles. The third-order valence-corrected chi connectivity index (χ3v) is 5.23. The number of methoxy groups -OCH3 is 1. The number of halogens is 2. The Bertz CT molecular complexity index is 1150. The zero-order chi connectivity index (χ0) is 24.3. The number of carbonyl (C=O) groups excluding carboxylic acids is 2. The molecular formula is C25H23Cl2N3O4. The van der Waals surface area contributed by atoms with Crippen molar-refractivity contribution in [1.82, 2.24) is 5.43 Å². The number of hydrazone groups is 1. The first-order chi connectivity index (χ1) is 16.4. The van der Waals surface area contributed by atoms with Crippen molar-refractivity contribution in [2.24, 2.45) is 5.10 Å². The van der Waals surface area contributed by atoms with E-state index < -0.39 is 0 Å². The Morgan fingerprint density at radius 1 is 0.912 bits per heavy atom. The number of ether oxygens (including phenoxy) is 2. The van der Waals surface area contributed by atoms with Crippen LogP contribution in [0.3, 0.4) is 0 Å². The number of rotatable bonds is 10. The summed E-state index contributed by atoms with van der Waals surface area (Å²) in [4.78, 5) is 23.9. The summed E-state index contributed by atoms with van der Waals surface area (Å²) in [5.41, 5.74) is 4.65. The van der Waals surface area contributed by atoms with Crippen LogP contribution in [0.4, 0.5) is 5.69 Å². The predicted octanol–water partition coefficient (Wildman–Crippen LogP) is 5.45. The predicted molar refractivity (Wildman–Crippen MR) is 134 cm³/mol. The van der Waals surface area contributed by atoms with Crippen LogP contribution < -0.4 is 20.2 Å². The number of nitrogens with zero attached hydrogens (tertiary/aromatic N) is 1. The fourth-order valence-corrected chi connectivity index (χ4v) is 3.27. The number of carbonyl (C=O) groups is 2. The highest BCUT2D eigenvalue weighted by Crippen LogP contribution is 2.23. The summed E-state index contributed by atoms with van der Waals surface area (Å²) in [5.74, 6) is 0.732. The molecule has 3 rings (SSSR count). The van der Waals surface area contributed by atoms with E-state index in [0.717, 1.165) is 11.1 Å².